The molecule has 7 nitrogen and oxygen atoms in total. The standard InChI is InChI=1S/C20H25N3O4S/c1-27-19-10-6-5-9-18(19)22-12-14-23(15-13-22)28(25,26)16-11-21-20(24)17-7-3-2-4-8-17/h2-10H,11-16H2,1H3,(H,21,24). The number of piperazine rings is 1. The third-order valence-corrected chi connectivity index (χ3v) is 6.61. The number of hydrogen-bond donors (Lipinski definition) is 1. The van der Waals surface area contributed by atoms with Crippen LogP contribution in [0.15, 0.2) is 54.6 Å². The number of anilines is 1. The number of para-hydroxylation sites is 2. The molecule has 1 heterocycles. The first kappa shape index (κ1) is 20.2. The van der Waals surface area contributed by atoms with Crippen LogP contribution in [0.3, 0.4) is 0 Å². The Bertz CT molecular complexity index is 895. The second kappa shape index (κ2) is 9.07. The Morgan fingerprint density at radius 2 is 1.64 bits per heavy atom. The van der Waals surface area contributed by atoms with Gasteiger partial charge in [-0.05, 0) is 24.3 Å². The Morgan fingerprint density at radius 1 is 1.00 bits per heavy atom. The topological polar surface area (TPSA) is 79.0 Å². The van der Waals surface area contributed by atoms with Crippen LogP contribution in [0.5, 0.6) is 5.75 Å². The molecule has 28 heavy (non-hydrogen) atoms. The van der Waals surface area contributed by atoms with Crippen molar-refractivity contribution >= 4 is 21.6 Å². The van der Waals surface area contributed by atoms with Crippen LogP contribution in [0.2, 0.25) is 0 Å². The minimum atomic E-state index is -3.42. The molecule has 1 fully saturated rings. The maximum Gasteiger partial charge on any atom is 0.251 e. The minimum absolute atomic E-state index is 0.0861. The van der Waals surface area contributed by atoms with Crippen molar-refractivity contribution in [3.63, 3.8) is 0 Å². The number of ether oxygens (including phenoxy) is 1. The van der Waals surface area contributed by atoms with Crippen molar-refractivity contribution < 1.29 is 17.9 Å². The molecule has 0 aliphatic carbocycles. The van der Waals surface area contributed by atoms with Gasteiger partial charge in [-0.1, -0.05) is 30.3 Å². The summed E-state index contributed by atoms with van der Waals surface area (Å²) in [6, 6.07) is 16.5. The summed E-state index contributed by atoms with van der Waals surface area (Å²) in [6.07, 6.45) is 0. The zero-order chi connectivity index (χ0) is 20.0. The molecule has 0 atom stereocenters. The second-order valence-electron chi connectivity index (χ2n) is 6.50. The lowest BCUT2D eigenvalue weighted by molar-refractivity contribution is 0.0956. The Balaban J connectivity index is 1.51. The summed E-state index contributed by atoms with van der Waals surface area (Å²) >= 11 is 0. The molecule has 1 aliphatic rings. The fourth-order valence-electron chi connectivity index (χ4n) is 3.21. The highest BCUT2D eigenvalue weighted by Crippen LogP contribution is 2.28. The van der Waals surface area contributed by atoms with Crippen LogP contribution >= 0.6 is 0 Å². The summed E-state index contributed by atoms with van der Waals surface area (Å²) in [5.74, 6) is 0.402. The Kier molecular flexibility index (Phi) is 6.53. The summed E-state index contributed by atoms with van der Waals surface area (Å²) in [5, 5.41) is 2.67. The average molecular weight is 404 g/mol. The zero-order valence-corrected chi connectivity index (χ0v) is 16.7. The van der Waals surface area contributed by atoms with Gasteiger partial charge in [0.05, 0.1) is 18.6 Å². The SMILES string of the molecule is COc1ccccc1N1CCN(S(=O)(=O)CCNC(=O)c2ccccc2)CC1. The van der Waals surface area contributed by atoms with Gasteiger partial charge in [0.15, 0.2) is 0 Å². The lowest BCUT2D eigenvalue weighted by Crippen LogP contribution is -2.50. The molecule has 0 saturated carbocycles. The molecule has 150 valence electrons. The van der Waals surface area contributed by atoms with Gasteiger partial charge in [-0.25, -0.2) is 8.42 Å². The van der Waals surface area contributed by atoms with E-state index in [4.69, 9.17) is 4.74 Å². The third kappa shape index (κ3) is 4.82. The maximum atomic E-state index is 12.6. The number of nitrogens with zero attached hydrogens (tertiary/aromatic N) is 2. The highest BCUT2D eigenvalue weighted by Gasteiger charge is 2.27. The van der Waals surface area contributed by atoms with E-state index < -0.39 is 10.0 Å². The first-order valence-electron chi connectivity index (χ1n) is 9.20. The zero-order valence-electron chi connectivity index (χ0n) is 15.9. The lowest BCUT2D eigenvalue weighted by Gasteiger charge is -2.36. The van der Waals surface area contributed by atoms with E-state index in [0.29, 0.717) is 31.7 Å². The quantitative estimate of drug-likeness (QED) is 0.759. The van der Waals surface area contributed by atoms with Crippen molar-refractivity contribution in [3.05, 3.63) is 60.2 Å². The van der Waals surface area contributed by atoms with E-state index >= 15 is 0 Å². The molecule has 0 aromatic heterocycles. The number of benzene rings is 2. The first-order valence-corrected chi connectivity index (χ1v) is 10.8. The van der Waals surface area contributed by atoms with E-state index in [0.717, 1.165) is 11.4 Å². The highest BCUT2D eigenvalue weighted by molar-refractivity contribution is 7.89. The van der Waals surface area contributed by atoms with E-state index in [1.165, 1.54) is 4.31 Å². The molecule has 0 spiro atoms. The van der Waals surface area contributed by atoms with Crippen molar-refractivity contribution in [2.45, 2.75) is 0 Å². The van der Waals surface area contributed by atoms with Gasteiger partial charge < -0.3 is 15.0 Å². The van der Waals surface area contributed by atoms with E-state index in [1.807, 2.05) is 30.3 Å². The molecule has 0 bridgehead atoms. The fourth-order valence-corrected chi connectivity index (χ4v) is 4.55. The monoisotopic (exact) mass is 403 g/mol. The van der Waals surface area contributed by atoms with Crippen molar-refractivity contribution in [1.82, 2.24) is 9.62 Å². The Hall–Kier alpha value is -2.58. The molecule has 1 amide bonds. The van der Waals surface area contributed by atoms with Gasteiger partial charge in [0.1, 0.15) is 5.75 Å². The van der Waals surface area contributed by atoms with Crippen LogP contribution in [0.1, 0.15) is 10.4 Å². The number of hydrogen-bond acceptors (Lipinski definition) is 5. The molecule has 0 unspecified atom stereocenters. The molecule has 2 aromatic rings. The summed E-state index contributed by atoms with van der Waals surface area (Å²) in [6.45, 7) is 2.09. The predicted octanol–water partition coefficient (Wildman–Crippen LogP) is 1.58. The molecular formula is C20H25N3O4S. The molecule has 1 N–H and O–H groups in total. The summed E-state index contributed by atoms with van der Waals surface area (Å²) in [5.41, 5.74) is 1.49. The number of sulfonamides is 1. The largest absolute Gasteiger partial charge is 0.495 e. The van der Waals surface area contributed by atoms with Crippen LogP contribution in [0, 0.1) is 0 Å². The van der Waals surface area contributed by atoms with Crippen molar-refractivity contribution in [1.29, 1.82) is 0 Å². The molecule has 1 aliphatic heterocycles. The van der Waals surface area contributed by atoms with E-state index in [-0.39, 0.29) is 18.2 Å². The fraction of sp³-hybridized carbons (Fsp3) is 0.350. The van der Waals surface area contributed by atoms with E-state index in [2.05, 4.69) is 10.2 Å². The van der Waals surface area contributed by atoms with Crippen LogP contribution in [-0.4, -0.2) is 64.2 Å². The molecule has 3 rings (SSSR count). The number of amides is 1. The van der Waals surface area contributed by atoms with Gasteiger partial charge >= 0.3 is 0 Å². The molecule has 0 radical (unpaired) electrons. The Morgan fingerprint density at radius 3 is 2.32 bits per heavy atom. The maximum absolute atomic E-state index is 12.6. The molecule has 1 saturated heterocycles. The number of carbonyl (C=O) groups is 1. The smallest absolute Gasteiger partial charge is 0.251 e. The van der Waals surface area contributed by atoms with Crippen molar-refractivity contribution in [2.75, 3.05) is 50.5 Å². The first-order chi connectivity index (χ1) is 13.5. The van der Waals surface area contributed by atoms with Crippen LogP contribution in [0.25, 0.3) is 0 Å². The highest BCUT2D eigenvalue weighted by atomic mass is 32.2. The molecular weight excluding hydrogens is 378 g/mol. The third-order valence-electron chi connectivity index (χ3n) is 4.74. The normalized spacial score (nSPS) is 15.2. The van der Waals surface area contributed by atoms with Gasteiger partial charge in [-0.2, -0.15) is 4.31 Å². The second-order valence-corrected chi connectivity index (χ2v) is 8.58. The Labute approximate surface area is 166 Å². The summed E-state index contributed by atoms with van der Waals surface area (Å²) in [4.78, 5) is 14.2. The molecule has 8 heteroatoms. The summed E-state index contributed by atoms with van der Waals surface area (Å²) < 4.78 is 32.1. The number of methoxy groups -OCH3 is 1. The predicted molar refractivity (Wildman–Crippen MR) is 109 cm³/mol. The average Bonchev–Trinajstić information content (AvgIpc) is 2.74. The van der Waals surface area contributed by atoms with Gasteiger partial charge in [0.2, 0.25) is 10.0 Å². The van der Waals surface area contributed by atoms with Crippen LogP contribution in [-0.2, 0) is 10.0 Å². The van der Waals surface area contributed by atoms with Gasteiger partial charge in [-0.3, -0.25) is 4.79 Å². The summed E-state index contributed by atoms with van der Waals surface area (Å²) in [7, 11) is -1.79. The van der Waals surface area contributed by atoms with E-state index in [9.17, 15) is 13.2 Å². The number of carbonyl (C=O) groups excluding carboxylic acids is 1. The van der Waals surface area contributed by atoms with Crippen molar-refractivity contribution in [3.8, 4) is 5.75 Å². The lowest BCUT2D eigenvalue weighted by atomic mass is 10.2. The van der Waals surface area contributed by atoms with Gasteiger partial charge in [0.25, 0.3) is 5.91 Å². The van der Waals surface area contributed by atoms with Crippen molar-refractivity contribution in [2.24, 2.45) is 0 Å². The van der Waals surface area contributed by atoms with Gasteiger partial charge in [0, 0.05) is 38.3 Å². The van der Waals surface area contributed by atoms with Crippen LogP contribution < -0.4 is 15.0 Å². The van der Waals surface area contributed by atoms with Crippen LogP contribution in [0.4, 0.5) is 5.69 Å². The van der Waals surface area contributed by atoms with E-state index in [1.54, 1.807) is 31.4 Å². The minimum Gasteiger partial charge on any atom is -0.495 e. The molecule has 2 aromatic carbocycles. The van der Waals surface area contributed by atoms with Gasteiger partial charge in [-0.15, -0.1) is 0 Å². The number of rotatable bonds is 7. The number of nitrogens with one attached hydrogen (secondary N) is 1.